The highest BCUT2D eigenvalue weighted by Crippen LogP contribution is 2.50. The molecule has 0 N–H and O–H groups in total. The molecule has 1 aromatic carbocycles. The smallest absolute Gasteiger partial charge is 0.311 e. The van der Waals surface area contributed by atoms with E-state index in [-0.39, 0.29) is 11.4 Å². The molecule has 1 aliphatic carbocycles. The average molecular weight is 372 g/mol. The molecule has 0 bridgehead atoms. The lowest BCUT2D eigenvalue weighted by Gasteiger charge is -2.41. The van der Waals surface area contributed by atoms with Crippen molar-refractivity contribution in [2.24, 2.45) is 16.7 Å². The number of carbonyl (C=O) groups excluding carboxylic acids is 2. The van der Waals surface area contributed by atoms with Gasteiger partial charge in [0.25, 0.3) is 0 Å². The summed E-state index contributed by atoms with van der Waals surface area (Å²) in [6.07, 6.45) is 3.12. The van der Waals surface area contributed by atoms with Gasteiger partial charge in [-0.1, -0.05) is 37.3 Å². The molecule has 0 unspecified atom stereocenters. The minimum atomic E-state index is -0.470. The molecule has 1 aromatic rings. The molecule has 148 valence electrons. The predicted molar refractivity (Wildman–Crippen MR) is 106 cm³/mol. The number of likely N-dealkylation sites (tertiary alicyclic amines) is 1. The van der Waals surface area contributed by atoms with Crippen LogP contribution in [0.2, 0.25) is 0 Å². The van der Waals surface area contributed by atoms with Crippen LogP contribution >= 0.6 is 0 Å². The summed E-state index contributed by atoms with van der Waals surface area (Å²) in [5.74, 6) is 0.610. The van der Waals surface area contributed by atoms with Crippen LogP contribution < -0.4 is 0 Å². The molecule has 0 amide bonds. The Kier molecular flexibility index (Phi) is 5.76. The minimum Gasteiger partial charge on any atom is -0.465 e. The van der Waals surface area contributed by atoms with Crippen LogP contribution in [0.5, 0.6) is 0 Å². The summed E-state index contributed by atoms with van der Waals surface area (Å²) in [7, 11) is 0. The van der Waals surface area contributed by atoms with E-state index in [9.17, 15) is 9.59 Å². The highest BCUT2D eigenvalue weighted by Gasteiger charge is 2.53. The topological polar surface area (TPSA) is 46.6 Å². The third kappa shape index (κ3) is 4.43. The Balaban J connectivity index is 1.69. The fourth-order valence-corrected chi connectivity index (χ4v) is 4.82. The number of Topliss-reactive ketones (excluding diaryl/α,β-unsaturated/α-hetero) is 1. The zero-order chi connectivity index (χ0) is 19.7. The van der Waals surface area contributed by atoms with Crippen LogP contribution in [0.1, 0.15) is 58.9 Å². The molecule has 0 radical (unpaired) electrons. The van der Waals surface area contributed by atoms with E-state index in [0.717, 1.165) is 25.9 Å². The Morgan fingerprint density at radius 2 is 1.96 bits per heavy atom. The Morgan fingerprint density at radius 1 is 1.26 bits per heavy atom. The van der Waals surface area contributed by atoms with Crippen molar-refractivity contribution in [2.45, 2.75) is 66.0 Å². The molecule has 3 rings (SSSR count). The number of ketones is 1. The van der Waals surface area contributed by atoms with Gasteiger partial charge in [0.1, 0.15) is 5.78 Å². The first-order valence-corrected chi connectivity index (χ1v) is 10.2. The molecule has 1 saturated heterocycles. The second-order valence-corrected chi connectivity index (χ2v) is 9.56. The molecule has 0 spiro atoms. The van der Waals surface area contributed by atoms with Gasteiger partial charge in [-0.3, -0.25) is 14.5 Å². The molecule has 2 fully saturated rings. The maximum atomic E-state index is 12.2. The number of hydrogen-bond acceptors (Lipinski definition) is 4. The van der Waals surface area contributed by atoms with Crippen LogP contribution in [0.3, 0.4) is 0 Å². The van der Waals surface area contributed by atoms with Crippen molar-refractivity contribution in [3.8, 4) is 0 Å². The Labute approximate surface area is 163 Å². The standard InChI is InChI=1S/C23H33NO3/c1-22(2,3)21(26)27-13-12-18-16-24(15-17-8-6-5-7-9-17)20-11-10-19(25)14-23(18,20)4/h5-9,18,20H,10-16H2,1-4H3/t18-,20+,23+/m0/s1. The number of carbonyl (C=O) groups is 2. The maximum Gasteiger partial charge on any atom is 0.311 e. The SMILES string of the molecule is CC(C)(C)C(=O)OCC[C@H]1CN(Cc2ccccc2)[C@@H]2CCC(=O)C[C@]12C. The second-order valence-electron chi connectivity index (χ2n) is 9.56. The van der Waals surface area contributed by atoms with E-state index in [4.69, 9.17) is 4.74 Å². The van der Waals surface area contributed by atoms with Gasteiger partial charge in [0.2, 0.25) is 0 Å². The van der Waals surface area contributed by atoms with Crippen molar-refractivity contribution in [1.82, 2.24) is 4.90 Å². The zero-order valence-corrected chi connectivity index (χ0v) is 17.2. The first-order valence-electron chi connectivity index (χ1n) is 10.2. The summed E-state index contributed by atoms with van der Waals surface area (Å²) < 4.78 is 5.53. The molecule has 3 atom stereocenters. The molecule has 27 heavy (non-hydrogen) atoms. The number of ether oxygens (including phenoxy) is 1. The lowest BCUT2D eigenvalue weighted by Crippen LogP contribution is -2.44. The van der Waals surface area contributed by atoms with Crippen LogP contribution in [-0.2, 0) is 20.9 Å². The number of hydrogen-bond donors (Lipinski definition) is 0. The van der Waals surface area contributed by atoms with Gasteiger partial charge in [0, 0.05) is 32.0 Å². The Hall–Kier alpha value is -1.68. The van der Waals surface area contributed by atoms with E-state index >= 15 is 0 Å². The van der Waals surface area contributed by atoms with E-state index in [1.807, 2.05) is 26.8 Å². The van der Waals surface area contributed by atoms with Gasteiger partial charge in [-0.2, -0.15) is 0 Å². The summed E-state index contributed by atoms with van der Waals surface area (Å²) in [5.41, 5.74) is 0.831. The number of benzene rings is 1. The highest BCUT2D eigenvalue weighted by molar-refractivity contribution is 5.80. The molecular weight excluding hydrogens is 338 g/mol. The van der Waals surface area contributed by atoms with Crippen molar-refractivity contribution < 1.29 is 14.3 Å². The zero-order valence-electron chi connectivity index (χ0n) is 17.2. The van der Waals surface area contributed by atoms with E-state index in [1.165, 1.54) is 5.56 Å². The molecule has 4 heteroatoms. The summed E-state index contributed by atoms with van der Waals surface area (Å²) >= 11 is 0. The van der Waals surface area contributed by atoms with E-state index in [2.05, 4.69) is 36.1 Å². The fraction of sp³-hybridized carbons (Fsp3) is 0.652. The number of fused-ring (bicyclic) bond motifs is 1. The highest BCUT2D eigenvalue weighted by atomic mass is 16.5. The summed E-state index contributed by atoms with van der Waals surface area (Å²) in [6.45, 7) is 10.2. The summed E-state index contributed by atoms with van der Waals surface area (Å²) in [5, 5.41) is 0. The van der Waals surface area contributed by atoms with Gasteiger partial charge in [-0.05, 0) is 50.5 Å². The van der Waals surface area contributed by atoms with Crippen LogP contribution in [0.25, 0.3) is 0 Å². The molecule has 1 heterocycles. The minimum absolute atomic E-state index is 0.0156. The van der Waals surface area contributed by atoms with Crippen LogP contribution in [0.4, 0.5) is 0 Å². The quantitative estimate of drug-likeness (QED) is 0.727. The van der Waals surface area contributed by atoms with Crippen molar-refractivity contribution >= 4 is 11.8 Å². The Bertz CT molecular complexity index is 679. The number of rotatable bonds is 5. The molecular formula is C23H33NO3. The lowest BCUT2D eigenvalue weighted by molar-refractivity contribution is -0.153. The van der Waals surface area contributed by atoms with Gasteiger partial charge in [0.15, 0.2) is 0 Å². The van der Waals surface area contributed by atoms with Crippen molar-refractivity contribution in [3.05, 3.63) is 35.9 Å². The van der Waals surface area contributed by atoms with E-state index in [1.54, 1.807) is 0 Å². The van der Waals surface area contributed by atoms with Crippen LogP contribution in [0.15, 0.2) is 30.3 Å². The van der Waals surface area contributed by atoms with E-state index < -0.39 is 5.41 Å². The molecule has 1 saturated carbocycles. The molecule has 4 nitrogen and oxygen atoms in total. The summed E-state index contributed by atoms with van der Waals surface area (Å²) in [6, 6.07) is 11.0. The van der Waals surface area contributed by atoms with Gasteiger partial charge < -0.3 is 4.74 Å². The maximum absolute atomic E-state index is 12.2. The monoisotopic (exact) mass is 371 g/mol. The van der Waals surface area contributed by atoms with Crippen LogP contribution in [-0.4, -0.2) is 35.8 Å². The third-order valence-electron chi connectivity index (χ3n) is 6.40. The summed E-state index contributed by atoms with van der Waals surface area (Å²) in [4.78, 5) is 26.9. The third-order valence-corrected chi connectivity index (χ3v) is 6.40. The van der Waals surface area contributed by atoms with Gasteiger partial charge in [-0.15, -0.1) is 0 Å². The lowest BCUT2D eigenvalue weighted by atomic mass is 9.65. The van der Waals surface area contributed by atoms with Crippen molar-refractivity contribution in [2.75, 3.05) is 13.2 Å². The van der Waals surface area contributed by atoms with Gasteiger partial charge in [-0.25, -0.2) is 0 Å². The second kappa shape index (κ2) is 7.75. The van der Waals surface area contributed by atoms with Crippen molar-refractivity contribution in [1.29, 1.82) is 0 Å². The van der Waals surface area contributed by atoms with Crippen molar-refractivity contribution in [3.63, 3.8) is 0 Å². The fourth-order valence-electron chi connectivity index (χ4n) is 4.82. The molecule has 1 aliphatic heterocycles. The van der Waals surface area contributed by atoms with Gasteiger partial charge >= 0.3 is 5.97 Å². The first kappa shape index (κ1) is 20.1. The first-order chi connectivity index (χ1) is 12.7. The molecule has 0 aromatic heterocycles. The average Bonchev–Trinajstić information content (AvgIpc) is 2.85. The van der Waals surface area contributed by atoms with Gasteiger partial charge in [0.05, 0.1) is 12.0 Å². The van der Waals surface area contributed by atoms with E-state index in [0.29, 0.717) is 37.2 Å². The number of nitrogens with zero attached hydrogens (tertiary/aromatic N) is 1. The largest absolute Gasteiger partial charge is 0.465 e. The molecule has 2 aliphatic rings. The number of esters is 1. The predicted octanol–water partition coefficient (Wildman–Crippen LogP) is 4.23. The Morgan fingerprint density at radius 3 is 2.63 bits per heavy atom. The normalized spacial score (nSPS) is 28.8. The van der Waals surface area contributed by atoms with Crippen LogP contribution in [0, 0.1) is 16.7 Å².